The summed E-state index contributed by atoms with van der Waals surface area (Å²) in [6.45, 7) is 3.84. The average molecular weight is 268 g/mol. The molecule has 0 bridgehead atoms. The van der Waals surface area contributed by atoms with Gasteiger partial charge < -0.3 is 15.2 Å². The molecule has 1 aromatic carbocycles. The van der Waals surface area contributed by atoms with Gasteiger partial charge in [0.15, 0.2) is 5.75 Å². The number of nitrogens with zero attached hydrogens (tertiary/aromatic N) is 1. The number of nitrogens with one attached hydrogen (secondary N) is 1. The Bertz CT molecular complexity index is 475. The summed E-state index contributed by atoms with van der Waals surface area (Å²) in [5.41, 5.74) is 0.627. The van der Waals surface area contributed by atoms with Crippen LogP contribution < -0.4 is 10.1 Å². The molecule has 0 aromatic heterocycles. The lowest BCUT2D eigenvalue weighted by Crippen LogP contribution is -2.41. The van der Waals surface area contributed by atoms with Crippen molar-refractivity contribution in [3.63, 3.8) is 0 Å². The number of hydrogen-bond acceptors (Lipinski definition) is 5. The number of aliphatic carboxylic acids is 1. The zero-order chi connectivity index (χ0) is 14.4. The molecule has 0 saturated carbocycles. The second-order valence-corrected chi connectivity index (χ2v) is 3.99. The summed E-state index contributed by atoms with van der Waals surface area (Å²) in [5.74, 6) is -0.980. The van der Waals surface area contributed by atoms with E-state index in [1.54, 1.807) is 19.9 Å². The molecule has 1 unspecified atom stereocenters. The lowest BCUT2D eigenvalue weighted by atomic mass is 10.2. The maximum absolute atomic E-state index is 10.9. The van der Waals surface area contributed by atoms with E-state index in [1.165, 1.54) is 12.1 Å². The largest absolute Gasteiger partial charge is 0.485 e. The molecule has 0 fully saturated rings. The number of likely N-dealkylation sites (N-methyl/N-ethyl adjacent to an activating group) is 1. The quantitative estimate of drug-likeness (QED) is 0.571. The molecule has 0 aliphatic rings. The van der Waals surface area contributed by atoms with Crippen LogP contribution in [-0.4, -0.2) is 35.2 Å². The van der Waals surface area contributed by atoms with Crippen LogP contribution in [0.5, 0.6) is 5.75 Å². The van der Waals surface area contributed by atoms with Crippen molar-refractivity contribution in [2.24, 2.45) is 0 Å². The molecule has 0 heterocycles. The minimum Gasteiger partial charge on any atom is -0.485 e. The number of nitro groups is 1. The number of carboxylic acid groups (broad SMARTS) is 1. The fraction of sp³-hybridized carbons (Fsp3) is 0.417. The van der Waals surface area contributed by atoms with E-state index in [0.29, 0.717) is 6.54 Å². The van der Waals surface area contributed by atoms with E-state index >= 15 is 0 Å². The van der Waals surface area contributed by atoms with Gasteiger partial charge in [0, 0.05) is 6.07 Å². The van der Waals surface area contributed by atoms with E-state index in [-0.39, 0.29) is 18.0 Å². The smallest absolute Gasteiger partial charge is 0.324 e. The van der Waals surface area contributed by atoms with Crippen molar-refractivity contribution in [3.8, 4) is 5.75 Å². The summed E-state index contributed by atoms with van der Waals surface area (Å²) in [7, 11) is 0. The van der Waals surface area contributed by atoms with Crippen LogP contribution in [0.15, 0.2) is 18.2 Å². The standard InChI is InChI=1S/C12H16N2O5/c1-3-13-9(12(15)16)7-19-11-6-8(2)4-5-10(11)14(17)18/h4-6,9,13H,3,7H2,1-2H3,(H,15,16). The number of ether oxygens (including phenoxy) is 1. The molecule has 0 radical (unpaired) electrons. The number of carbonyl (C=O) groups is 1. The summed E-state index contributed by atoms with van der Waals surface area (Å²) < 4.78 is 5.27. The monoisotopic (exact) mass is 268 g/mol. The molecular weight excluding hydrogens is 252 g/mol. The first kappa shape index (κ1) is 14.9. The summed E-state index contributed by atoms with van der Waals surface area (Å²) in [5, 5.41) is 22.5. The minimum atomic E-state index is -1.06. The highest BCUT2D eigenvalue weighted by molar-refractivity contribution is 5.73. The van der Waals surface area contributed by atoms with Gasteiger partial charge in [0.2, 0.25) is 0 Å². The number of nitro benzene ring substituents is 1. The fourth-order valence-electron chi connectivity index (χ4n) is 1.52. The van der Waals surface area contributed by atoms with Crippen LogP contribution in [0.4, 0.5) is 5.69 Å². The number of aryl methyl sites for hydroxylation is 1. The normalized spacial score (nSPS) is 11.9. The third-order valence-corrected chi connectivity index (χ3v) is 2.47. The Kier molecular flexibility index (Phi) is 5.25. The second kappa shape index (κ2) is 6.69. The molecule has 0 aliphatic carbocycles. The van der Waals surface area contributed by atoms with E-state index < -0.39 is 16.9 Å². The van der Waals surface area contributed by atoms with Crippen LogP contribution in [0.25, 0.3) is 0 Å². The summed E-state index contributed by atoms with van der Waals surface area (Å²) >= 11 is 0. The Morgan fingerprint density at radius 3 is 2.79 bits per heavy atom. The van der Waals surface area contributed by atoms with Gasteiger partial charge in [-0.2, -0.15) is 0 Å². The third kappa shape index (κ3) is 4.22. The predicted octanol–water partition coefficient (Wildman–Crippen LogP) is 1.34. The SMILES string of the molecule is CCNC(COc1cc(C)ccc1[N+](=O)[O-])C(=O)O. The number of hydrogen-bond donors (Lipinski definition) is 2. The first-order chi connectivity index (χ1) is 8.95. The molecular formula is C12H16N2O5. The summed E-state index contributed by atoms with van der Waals surface area (Å²) in [6, 6.07) is 3.56. The molecule has 1 atom stereocenters. The van der Waals surface area contributed by atoms with Crippen molar-refractivity contribution in [2.45, 2.75) is 19.9 Å². The minimum absolute atomic E-state index is 0.0779. The van der Waals surface area contributed by atoms with Crippen LogP contribution in [0.3, 0.4) is 0 Å². The Labute approximate surface area is 110 Å². The van der Waals surface area contributed by atoms with Gasteiger partial charge in [-0.05, 0) is 25.1 Å². The number of carboxylic acids is 1. The van der Waals surface area contributed by atoms with Crippen LogP contribution >= 0.6 is 0 Å². The topological polar surface area (TPSA) is 102 Å². The van der Waals surface area contributed by atoms with Gasteiger partial charge in [-0.1, -0.05) is 13.0 Å². The highest BCUT2D eigenvalue weighted by Gasteiger charge is 2.20. The molecule has 0 amide bonds. The van der Waals surface area contributed by atoms with Crippen molar-refractivity contribution < 1.29 is 19.6 Å². The fourth-order valence-corrected chi connectivity index (χ4v) is 1.52. The molecule has 2 N–H and O–H groups in total. The van der Waals surface area contributed by atoms with Crippen LogP contribution in [0.2, 0.25) is 0 Å². The Morgan fingerprint density at radius 2 is 2.26 bits per heavy atom. The highest BCUT2D eigenvalue weighted by atomic mass is 16.6. The second-order valence-electron chi connectivity index (χ2n) is 3.99. The lowest BCUT2D eigenvalue weighted by Gasteiger charge is -2.14. The molecule has 0 spiro atoms. The van der Waals surface area contributed by atoms with Gasteiger partial charge in [-0.15, -0.1) is 0 Å². The predicted molar refractivity (Wildman–Crippen MR) is 68.4 cm³/mol. The van der Waals surface area contributed by atoms with Crippen molar-refractivity contribution in [1.82, 2.24) is 5.32 Å². The van der Waals surface area contributed by atoms with Gasteiger partial charge in [0.05, 0.1) is 4.92 Å². The van der Waals surface area contributed by atoms with E-state index in [9.17, 15) is 14.9 Å². The van der Waals surface area contributed by atoms with E-state index in [0.717, 1.165) is 5.56 Å². The maximum Gasteiger partial charge on any atom is 0.324 e. The van der Waals surface area contributed by atoms with E-state index in [2.05, 4.69) is 5.32 Å². The van der Waals surface area contributed by atoms with Crippen LogP contribution in [0, 0.1) is 17.0 Å². The van der Waals surface area contributed by atoms with Crippen molar-refractivity contribution in [2.75, 3.05) is 13.2 Å². The molecule has 104 valence electrons. The Balaban J connectivity index is 2.83. The average Bonchev–Trinajstić information content (AvgIpc) is 2.33. The maximum atomic E-state index is 10.9. The van der Waals surface area contributed by atoms with Gasteiger partial charge in [0.25, 0.3) is 0 Å². The molecule has 0 saturated heterocycles. The first-order valence-electron chi connectivity index (χ1n) is 5.79. The zero-order valence-corrected chi connectivity index (χ0v) is 10.8. The Hall–Kier alpha value is -2.15. The lowest BCUT2D eigenvalue weighted by molar-refractivity contribution is -0.385. The molecule has 1 aromatic rings. The molecule has 7 nitrogen and oxygen atoms in total. The highest BCUT2D eigenvalue weighted by Crippen LogP contribution is 2.27. The summed E-state index contributed by atoms with van der Waals surface area (Å²) in [6.07, 6.45) is 0. The van der Waals surface area contributed by atoms with Crippen LogP contribution in [-0.2, 0) is 4.79 Å². The third-order valence-electron chi connectivity index (χ3n) is 2.47. The molecule has 0 aliphatic heterocycles. The number of benzene rings is 1. The number of rotatable bonds is 7. The molecule has 7 heteroatoms. The molecule has 19 heavy (non-hydrogen) atoms. The Morgan fingerprint density at radius 1 is 1.58 bits per heavy atom. The van der Waals surface area contributed by atoms with Crippen molar-refractivity contribution in [1.29, 1.82) is 0 Å². The first-order valence-corrected chi connectivity index (χ1v) is 5.79. The summed E-state index contributed by atoms with van der Waals surface area (Å²) in [4.78, 5) is 21.2. The zero-order valence-electron chi connectivity index (χ0n) is 10.8. The molecule has 1 rings (SSSR count). The van der Waals surface area contributed by atoms with Crippen molar-refractivity contribution in [3.05, 3.63) is 33.9 Å². The van der Waals surface area contributed by atoms with Gasteiger partial charge in [-0.3, -0.25) is 14.9 Å². The van der Waals surface area contributed by atoms with Crippen molar-refractivity contribution >= 4 is 11.7 Å². The van der Waals surface area contributed by atoms with Gasteiger partial charge in [-0.25, -0.2) is 0 Å². The van der Waals surface area contributed by atoms with E-state index in [1.807, 2.05) is 0 Å². The van der Waals surface area contributed by atoms with Crippen LogP contribution in [0.1, 0.15) is 12.5 Å². The van der Waals surface area contributed by atoms with E-state index in [4.69, 9.17) is 9.84 Å². The van der Waals surface area contributed by atoms with Gasteiger partial charge in [0.1, 0.15) is 12.6 Å². The van der Waals surface area contributed by atoms with Gasteiger partial charge >= 0.3 is 11.7 Å².